The van der Waals surface area contributed by atoms with Gasteiger partial charge in [0.2, 0.25) is 11.8 Å². The number of carbonyl (C=O) groups excluding carboxylic acids is 4. The van der Waals surface area contributed by atoms with Gasteiger partial charge in [-0.25, -0.2) is 4.79 Å². The summed E-state index contributed by atoms with van der Waals surface area (Å²) in [5, 5.41) is 4.62. The fourth-order valence-corrected chi connectivity index (χ4v) is 5.70. The van der Waals surface area contributed by atoms with Gasteiger partial charge in [0.05, 0.1) is 11.8 Å². The van der Waals surface area contributed by atoms with E-state index in [1.165, 1.54) is 6.92 Å². The summed E-state index contributed by atoms with van der Waals surface area (Å²) in [5.74, 6) is -1.80. The number of ether oxygens (including phenoxy) is 1. The molecule has 3 amide bonds. The minimum absolute atomic E-state index is 0.256. The highest BCUT2D eigenvalue weighted by atomic mass is 16.5. The molecular weight excluding hydrogens is 396 g/mol. The molecule has 31 heavy (non-hydrogen) atoms. The molecule has 2 saturated carbocycles. The smallest absolute Gasteiger partial charge is 0.329 e. The van der Waals surface area contributed by atoms with Gasteiger partial charge in [-0.05, 0) is 49.5 Å². The maximum absolute atomic E-state index is 12.9. The molecule has 0 aromatic heterocycles. The Kier molecular flexibility index (Phi) is 4.76. The molecule has 0 spiro atoms. The van der Waals surface area contributed by atoms with E-state index >= 15 is 0 Å². The van der Waals surface area contributed by atoms with E-state index in [1.807, 2.05) is 36.4 Å². The van der Waals surface area contributed by atoms with Crippen LogP contribution >= 0.6 is 0 Å². The molecule has 1 N–H and O–H groups in total. The number of imide groups is 1. The molecule has 3 aliphatic rings. The number of amides is 3. The fourth-order valence-electron chi connectivity index (χ4n) is 5.70. The molecule has 0 unspecified atom stereocenters. The van der Waals surface area contributed by atoms with E-state index in [4.69, 9.17) is 4.74 Å². The number of rotatable bonds is 5. The molecule has 2 aromatic rings. The van der Waals surface area contributed by atoms with E-state index < -0.39 is 24.5 Å². The Hall–Kier alpha value is -3.22. The molecule has 3 fully saturated rings. The zero-order valence-electron chi connectivity index (χ0n) is 17.2. The van der Waals surface area contributed by atoms with Crippen LogP contribution in [0.1, 0.15) is 26.2 Å². The van der Waals surface area contributed by atoms with Gasteiger partial charge in [0, 0.05) is 11.1 Å². The van der Waals surface area contributed by atoms with Crippen molar-refractivity contribution in [3.05, 3.63) is 42.5 Å². The largest absolute Gasteiger partial charge is 0.454 e. The summed E-state index contributed by atoms with van der Waals surface area (Å²) in [6.45, 7) is 1.00. The van der Waals surface area contributed by atoms with Gasteiger partial charge < -0.3 is 10.1 Å². The maximum Gasteiger partial charge on any atom is 0.329 e. The van der Waals surface area contributed by atoms with Gasteiger partial charge in [-0.2, -0.15) is 0 Å². The van der Waals surface area contributed by atoms with E-state index in [-0.39, 0.29) is 35.5 Å². The maximum atomic E-state index is 12.9. The van der Waals surface area contributed by atoms with E-state index in [1.54, 1.807) is 6.07 Å². The molecular formula is C24H24N2O5. The van der Waals surface area contributed by atoms with Gasteiger partial charge in [-0.3, -0.25) is 19.3 Å². The Morgan fingerprint density at radius 1 is 1.03 bits per heavy atom. The van der Waals surface area contributed by atoms with Crippen LogP contribution in [0.3, 0.4) is 0 Å². The summed E-state index contributed by atoms with van der Waals surface area (Å²) in [7, 11) is 0. The molecule has 1 aliphatic heterocycles. The first-order valence-electron chi connectivity index (χ1n) is 10.8. The predicted octanol–water partition coefficient (Wildman–Crippen LogP) is 2.74. The van der Waals surface area contributed by atoms with Gasteiger partial charge in [-0.15, -0.1) is 0 Å². The number of nitrogens with one attached hydrogen (secondary N) is 1. The van der Waals surface area contributed by atoms with Crippen molar-refractivity contribution in [3.63, 3.8) is 0 Å². The van der Waals surface area contributed by atoms with Crippen molar-refractivity contribution in [3.8, 4) is 0 Å². The zero-order valence-corrected chi connectivity index (χ0v) is 17.2. The molecule has 2 aromatic carbocycles. The van der Waals surface area contributed by atoms with E-state index in [0.29, 0.717) is 5.69 Å². The monoisotopic (exact) mass is 420 g/mol. The fraction of sp³-hybridized carbons (Fsp3) is 0.417. The van der Waals surface area contributed by atoms with Crippen molar-refractivity contribution in [1.82, 2.24) is 4.90 Å². The summed E-state index contributed by atoms with van der Waals surface area (Å²) in [5.41, 5.74) is 0.625. The first-order valence-corrected chi connectivity index (χ1v) is 10.8. The van der Waals surface area contributed by atoms with Crippen LogP contribution in [-0.2, 0) is 23.9 Å². The van der Waals surface area contributed by atoms with Crippen LogP contribution in [0.15, 0.2) is 42.5 Å². The lowest BCUT2D eigenvalue weighted by atomic mass is 9.81. The van der Waals surface area contributed by atoms with Gasteiger partial charge in [-0.1, -0.05) is 36.4 Å². The van der Waals surface area contributed by atoms with E-state index in [9.17, 15) is 19.2 Å². The Labute approximate surface area is 179 Å². The second kappa shape index (κ2) is 7.48. The number of esters is 1. The molecule has 2 bridgehead atoms. The Morgan fingerprint density at radius 2 is 1.68 bits per heavy atom. The highest BCUT2D eigenvalue weighted by molar-refractivity contribution is 6.09. The third-order valence-corrected chi connectivity index (χ3v) is 7.10. The first-order chi connectivity index (χ1) is 15.0. The molecule has 0 radical (unpaired) electrons. The Balaban J connectivity index is 1.21. The van der Waals surface area contributed by atoms with Gasteiger partial charge in [0.25, 0.3) is 5.91 Å². The molecule has 1 heterocycles. The normalized spacial score (nSPS) is 27.5. The summed E-state index contributed by atoms with van der Waals surface area (Å²) < 4.78 is 5.15. The molecule has 2 aliphatic carbocycles. The predicted molar refractivity (Wildman–Crippen MR) is 113 cm³/mol. The van der Waals surface area contributed by atoms with Crippen LogP contribution in [0.2, 0.25) is 0 Å². The second-order valence-corrected chi connectivity index (χ2v) is 8.79. The Bertz CT molecular complexity index is 1060. The summed E-state index contributed by atoms with van der Waals surface area (Å²) in [6, 6.07) is 12.2. The number of benzene rings is 2. The zero-order chi connectivity index (χ0) is 21.7. The number of hydrogen-bond acceptors (Lipinski definition) is 5. The summed E-state index contributed by atoms with van der Waals surface area (Å²) in [6.07, 6.45) is 2.89. The summed E-state index contributed by atoms with van der Waals surface area (Å²) in [4.78, 5) is 51.7. The quantitative estimate of drug-likeness (QED) is 0.593. The lowest BCUT2D eigenvalue weighted by Crippen LogP contribution is -2.45. The molecule has 1 saturated heterocycles. The van der Waals surface area contributed by atoms with Crippen molar-refractivity contribution in [2.24, 2.45) is 23.7 Å². The van der Waals surface area contributed by atoms with Crippen LogP contribution in [0.5, 0.6) is 0 Å². The van der Waals surface area contributed by atoms with Crippen molar-refractivity contribution >= 4 is 40.2 Å². The number of fused-ring (bicyclic) bond motifs is 6. The highest BCUT2D eigenvalue weighted by Crippen LogP contribution is 2.56. The van der Waals surface area contributed by atoms with Crippen molar-refractivity contribution in [2.75, 3.05) is 11.9 Å². The molecule has 5 rings (SSSR count). The van der Waals surface area contributed by atoms with Crippen LogP contribution in [-0.4, -0.2) is 41.2 Å². The van der Waals surface area contributed by atoms with Crippen LogP contribution in [0.4, 0.5) is 5.69 Å². The third-order valence-electron chi connectivity index (χ3n) is 7.10. The molecule has 7 heteroatoms. The minimum Gasteiger partial charge on any atom is -0.454 e. The average molecular weight is 420 g/mol. The van der Waals surface area contributed by atoms with Gasteiger partial charge in [0.15, 0.2) is 6.61 Å². The lowest BCUT2D eigenvalue weighted by Gasteiger charge is -2.23. The Morgan fingerprint density at radius 3 is 2.39 bits per heavy atom. The number of hydrogen-bond donors (Lipinski definition) is 1. The number of likely N-dealkylation sites (tertiary alicyclic amines) is 1. The van der Waals surface area contributed by atoms with Crippen LogP contribution < -0.4 is 5.32 Å². The molecule has 160 valence electrons. The number of nitrogens with zero attached hydrogens (tertiary/aromatic N) is 1. The SMILES string of the molecule is C[C@@H](C(=O)OCC(=O)Nc1cccc2ccccc12)N1C(=O)[C@@H]2[C@@H]3CC[C@@H](C3)[C@@H]2C1=O. The standard InChI is InChI=1S/C24H24N2O5/c1-13(26-22(28)20-15-9-10-16(11-15)21(20)23(26)29)24(30)31-12-19(27)25-18-8-4-6-14-5-2-3-7-17(14)18/h2-8,13,15-16,20-21H,9-12H2,1H3,(H,25,27)/t13-,15-,16+,20-,21+/m0/s1. The second-order valence-electron chi connectivity index (χ2n) is 8.79. The third kappa shape index (κ3) is 3.19. The highest BCUT2D eigenvalue weighted by Gasteiger charge is 2.62. The number of anilines is 1. The van der Waals surface area contributed by atoms with Gasteiger partial charge in [0.1, 0.15) is 6.04 Å². The van der Waals surface area contributed by atoms with E-state index in [2.05, 4.69) is 5.32 Å². The van der Waals surface area contributed by atoms with Crippen LogP contribution in [0, 0.1) is 23.7 Å². The topological polar surface area (TPSA) is 92.8 Å². The first kappa shape index (κ1) is 19.7. The lowest BCUT2D eigenvalue weighted by molar-refractivity contribution is -0.159. The van der Waals surface area contributed by atoms with Crippen molar-refractivity contribution in [2.45, 2.75) is 32.2 Å². The molecule has 5 atom stereocenters. The minimum atomic E-state index is -1.03. The van der Waals surface area contributed by atoms with E-state index in [0.717, 1.165) is 34.9 Å². The molecule has 7 nitrogen and oxygen atoms in total. The summed E-state index contributed by atoms with van der Waals surface area (Å²) >= 11 is 0. The van der Waals surface area contributed by atoms with Crippen molar-refractivity contribution < 1.29 is 23.9 Å². The number of carbonyl (C=O) groups is 4. The van der Waals surface area contributed by atoms with Crippen molar-refractivity contribution in [1.29, 1.82) is 0 Å². The van der Waals surface area contributed by atoms with Crippen LogP contribution in [0.25, 0.3) is 10.8 Å². The van der Waals surface area contributed by atoms with Gasteiger partial charge >= 0.3 is 5.97 Å². The average Bonchev–Trinajstić information content (AvgIpc) is 3.45.